The second kappa shape index (κ2) is 10.2. The van der Waals surface area contributed by atoms with Gasteiger partial charge in [0.05, 0.1) is 6.04 Å². The number of aromatic nitrogens is 1. The van der Waals surface area contributed by atoms with Crippen LogP contribution in [0.3, 0.4) is 0 Å². The van der Waals surface area contributed by atoms with Gasteiger partial charge in [0.15, 0.2) is 0 Å². The number of aromatic amines is 1. The van der Waals surface area contributed by atoms with Crippen LogP contribution in [0.4, 0.5) is 0 Å². The number of H-pyrrole nitrogens is 1. The van der Waals surface area contributed by atoms with Crippen molar-refractivity contribution < 1.29 is 19.2 Å². The summed E-state index contributed by atoms with van der Waals surface area (Å²) in [6.07, 6.45) is 6.44. The quantitative estimate of drug-likeness (QED) is 0.460. The van der Waals surface area contributed by atoms with Crippen LogP contribution in [-0.2, 0) is 14.4 Å². The molecule has 0 spiro atoms. The molecule has 1 saturated heterocycles. The molecule has 1 aliphatic carbocycles. The van der Waals surface area contributed by atoms with E-state index in [1.165, 1.54) is 0 Å². The number of aldehydes is 1. The minimum absolute atomic E-state index is 0.0101. The summed E-state index contributed by atoms with van der Waals surface area (Å²) >= 11 is 0. The molecule has 2 aromatic rings. The topological polar surface area (TPSA) is 120 Å². The molecule has 8 nitrogen and oxygen atoms in total. The fraction of sp³-hybridized carbons (Fsp3) is 0.520. The number of aryl methyl sites for hydroxylation is 1. The predicted molar refractivity (Wildman–Crippen MR) is 125 cm³/mol. The van der Waals surface area contributed by atoms with E-state index < -0.39 is 12.1 Å². The molecule has 8 heteroatoms. The number of hydrogen-bond acceptors (Lipinski definition) is 4. The lowest BCUT2D eigenvalue weighted by Crippen LogP contribution is -2.54. The van der Waals surface area contributed by atoms with Crippen LogP contribution < -0.4 is 16.0 Å². The Hall–Kier alpha value is -3.16. The fourth-order valence-electron chi connectivity index (χ4n) is 5.11. The minimum atomic E-state index is -0.759. The van der Waals surface area contributed by atoms with Crippen molar-refractivity contribution in [1.29, 1.82) is 0 Å². The van der Waals surface area contributed by atoms with E-state index in [0.29, 0.717) is 24.9 Å². The molecule has 4 rings (SSSR count). The Kier molecular flexibility index (Phi) is 7.11. The van der Waals surface area contributed by atoms with Gasteiger partial charge in [0.1, 0.15) is 18.0 Å². The molecule has 3 amide bonds. The third kappa shape index (κ3) is 5.26. The van der Waals surface area contributed by atoms with Crippen LogP contribution in [0.15, 0.2) is 24.3 Å². The van der Waals surface area contributed by atoms with Gasteiger partial charge in [-0.1, -0.05) is 31.4 Å². The van der Waals surface area contributed by atoms with Gasteiger partial charge in [-0.15, -0.1) is 0 Å². The molecule has 0 unspecified atom stereocenters. The Bertz CT molecular complexity index is 1040. The molecular weight excluding hydrogens is 420 g/mol. The van der Waals surface area contributed by atoms with Gasteiger partial charge < -0.3 is 25.7 Å². The van der Waals surface area contributed by atoms with Crippen LogP contribution in [0.25, 0.3) is 10.9 Å². The molecule has 33 heavy (non-hydrogen) atoms. The zero-order chi connectivity index (χ0) is 23.4. The molecule has 4 N–H and O–H groups in total. The summed E-state index contributed by atoms with van der Waals surface area (Å²) in [5.41, 5.74) is 2.34. The van der Waals surface area contributed by atoms with Gasteiger partial charge in [-0.05, 0) is 56.2 Å². The first kappa shape index (κ1) is 23.0. The van der Waals surface area contributed by atoms with Crippen molar-refractivity contribution >= 4 is 34.9 Å². The van der Waals surface area contributed by atoms with E-state index in [1.807, 2.05) is 31.2 Å². The summed E-state index contributed by atoms with van der Waals surface area (Å²) in [6.45, 7) is 2.58. The minimum Gasteiger partial charge on any atom is -0.356 e. The Morgan fingerprint density at radius 3 is 2.61 bits per heavy atom. The van der Waals surface area contributed by atoms with Crippen molar-refractivity contribution in [1.82, 2.24) is 20.9 Å². The van der Waals surface area contributed by atoms with Crippen molar-refractivity contribution in [3.63, 3.8) is 0 Å². The maximum absolute atomic E-state index is 13.3. The van der Waals surface area contributed by atoms with E-state index in [4.69, 9.17) is 0 Å². The first-order valence-electron chi connectivity index (χ1n) is 11.9. The summed E-state index contributed by atoms with van der Waals surface area (Å²) in [7, 11) is 0. The van der Waals surface area contributed by atoms with E-state index in [1.54, 1.807) is 0 Å². The number of carbonyl (C=O) groups excluding carboxylic acids is 4. The first-order chi connectivity index (χ1) is 16.0. The lowest BCUT2D eigenvalue weighted by Gasteiger charge is -2.31. The maximum atomic E-state index is 13.3. The molecule has 2 fully saturated rings. The lowest BCUT2D eigenvalue weighted by molar-refractivity contribution is -0.128. The smallest absolute Gasteiger partial charge is 0.268 e. The highest BCUT2D eigenvalue weighted by Crippen LogP contribution is 2.27. The van der Waals surface area contributed by atoms with E-state index in [0.717, 1.165) is 48.6 Å². The largest absolute Gasteiger partial charge is 0.356 e. The maximum Gasteiger partial charge on any atom is 0.268 e. The van der Waals surface area contributed by atoms with Crippen molar-refractivity contribution in [3.05, 3.63) is 35.5 Å². The molecule has 1 aromatic carbocycles. The summed E-state index contributed by atoms with van der Waals surface area (Å²) in [4.78, 5) is 53.1. The van der Waals surface area contributed by atoms with Gasteiger partial charge in [0.2, 0.25) is 11.8 Å². The second-order valence-corrected chi connectivity index (χ2v) is 9.33. The molecule has 3 atom stereocenters. The number of nitrogens with one attached hydrogen (secondary N) is 4. The van der Waals surface area contributed by atoms with Gasteiger partial charge >= 0.3 is 0 Å². The summed E-state index contributed by atoms with van der Waals surface area (Å²) < 4.78 is 0. The van der Waals surface area contributed by atoms with Crippen molar-refractivity contribution in [2.24, 2.45) is 11.8 Å². The molecule has 2 aliphatic rings. The molecular formula is C25H32N4O4. The molecule has 0 radical (unpaired) electrons. The number of hydrogen-bond donors (Lipinski definition) is 4. The lowest BCUT2D eigenvalue weighted by atomic mass is 9.83. The zero-order valence-corrected chi connectivity index (χ0v) is 19.0. The van der Waals surface area contributed by atoms with E-state index in [-0.39, 0.29) is 36.0 Å². The zero-order valence-electron chi connectivity index (χ0n) is 19.0. The van der Waals surface area contributed by atoms with Crippen molar-refractivity contribution in [3.8, 4) is 0 Å². The molecule has 2 heterocycles. The Morgan fingerprint density at radius 1 is 1.15 bits per heavy atom. The normalized spacial score (nSPS) is 20.8. The molecule has 1 aliphatic heterocycles. The summed E-state index contributed by atoms with van der Waals surface area (Å²) in [6, 6.07) is 6.15. The third-order valence-corrected chi connectivity index (χ3v) is 7.01. The van der Waals surface area contributed by atoms with Crippen molar-refractivity contribution in [2.45, 2.75) is 64.0 Å². The van der Waals surface area contributed by atoms with Crippen LogP contribution in [-0.4, -0.2) is 47.6 Å². The second-order valence-electron chi connectivity index (χ2n) is 9.33. The van der Waals surface area contributed by atoms with Crippen LogP contribution in [0.5, 0.6) is 0 Å². The Balaban J connectivity index is 1.49. The van der Waals surface area contributed by atoms with E-state index in [2.05, 4.69) is 20.9 Å². The van der Waals surface area contributed by atoms with Crippen LogP contribution in [0, 0.1) is 18.8 Å². The number of benzene rings is 1. The molecule has 0 bridgehead atoms. The van der Waals surface area contributed by atoms with Crippen molar-refractivity contribution in [2.75, 3.05) is 6.54 Å². The number of amides is 3. The molecule has 1 aromatic heterocycles. The highest BCUT2D eigenvalue weighted by Gasteiger charge is 2.34. The van der Waals surface area contributed by atoms with Gasteiger partial charge in [-0.2, -0.15) is 0 Å². The van der Waals surface area contributed by atoms with Gasteiger partial charge in [0, 0.05) is 23.4 Å². The summed E-state index contributed by atoms with van der Waals surface area (Å²) in [5.74, 6) is -1.05. The molecule has 176 valence electrons. The number of fused-ring (bicyclic) bond motifs is 1. The monoisotopic (exact) mass is 452 g/mol. The van der Waals surface area contributed by atoms with Gasteiger partial charge in [0.25, 0.3) is 5.91 Å². The van der Waals surface area contributed by atoms with Crippen LogP contribution in [0.1, 0.15) is 61.0 Å². The SMILES string of the molecule is Cc1cccc2[nH]c(C(=O)N[C@H](C(=O)N[C@H](C=O)C[C@@H]3CCNC3=O)C3CCCCC3)cc12. The standard InChI is InChI=1S/C25H32N4O4/c1-15-6-5-9-20-19(15)13-21(28-20)24(32)29-22(16-7-3-2-4-8-16)25(33)27-18(14-30)12-17-10-11-26-23(17)31/h5-6,9,13-14,16-18,22,28H,2-4,7-8,10-12H2,1H3,(H,26,31)(H,27,33)(H,29,32)/t17-,18-,22-/m0/s1. The predicted octanol–water partition coefficient (Wildman–Crippen LogP) is 2.36. The van der Waals surface area contributed by atoms with E-state index >= 15 is 0 Å². The Morgan fingerprint density at radius 2 is 1.94 bits per heavy atom. The van der Waals surface area contributed by atoms with E-state index in [9.17, 15) is 19.2 Å². The number of rotatable bonds is 8. The summed E-state index contributed by atoms with van der Waals surface area (Å²) in [5, 5.41) is 9.46. The Labute approximate surface area is 193 Å². The number of carbonyl (C=O) groups is 4. The fourth-order valence-corrected chi connectivity index (χ4v) is 5.11. The average Bonchev–Trinajstić information content (AvgIpc) is 3.44. The highest BCUT2D eigenvalue weighted by molar-refractivity contribution is 6.01. The van der Waals surface area contributed by atoms with Gasteiger partial charge in [-0.25, -0.2) is 0 Å². The van der Waals surface area contributed by atoms with Crippen LogP contribution in [0.2, 0.25) is 0 Å². The third-order valence-electron chi connectivity index (χ3n) is 7.01. The van der Waals surface area contributed by atoms with Gasteiger partial charge in [-0.3, -0.25) is 14.4 Å². The average molecular weight is 453 g/mol. The first-order valence-corrected chi connectivity index (χ1v) is 11.9. The highest BCUT2D eigenvalue weighted by atomic mass is 16.2. The molecule has 1 saturated carbocycles. The van der Waals surface area contributed by atoms with Crippen LogP contribution >= 0.6 is 0 Å².